The van der Waals surface area contributed by atoms with E-state index >= 15 is 0 Å². The Morgan fingerprint density at radius 2 is 2.05 bits per heavy atom. The third-order valence-corrected chi connectivity index (χ3v) is 3.95. The van der Waals surface area contributed by atoms with Crippen LogP contribution in [-0.4, -0.2) is 18.4 Å². The Morgan fingerprint density at radius 1 is 1.33 bits per heavy atom. The lowest BCUT2D eigenvalue weighted by Crippen LogP contribution is -2.31. The zero-order valence-corrected chi connectivity index (χ0v) is 12.1. The van der Waals surface area contributed by atoms with Crippen LogP contribution < -0.4 is 11.1 Å². The highest BCUT2D eigenvalue weighted by Gasteiger charge is 2.37. The number of hydrogen-bond donors (Lipinski definition) is 2. The standard InChI is InChI=1S/C16H22F2N2O/c17-16(18)8-6-13(7-9-16)15(21)20-14-5-1-3-12(11-14)4-2-10-19/h1,3,5,11,13H,2,4,6-10,19H2,(H,20,21). The molecule has 1 aliphatic carbocycles. The largest absolute Gasteiger partial charge is 0.330 e. The van der Waals surface area contributed by atoms with Crippen molar-refractivity contribution >= 4 is 11.6 Å². The van der Waals surface area contributed by atoms with Crippen LogP contribution in [0.2, 0.25) is 0 Å². The third kappa shape index (κ3) is 4.77. The summed E-state index contributed by atoms with van der Waals surface area (Å²) in [5, 5.41) is 2.84. The van der Waals surface area contributed by atoms with Crippen molar-refractivity contribution in [3.05, 3.63) is 29.8 Å². The Bertz CT molecular complexity index is 481. The molecule has 3 N–H and O–H groups in total. The number of benzene rings is 1. The maximum Gasteiger partial charge on any atom is 0.248 e. The minimum absolute atomic E-state index is 0.151. The first kappa shape index (κ1) is 15.9. The third-order valence-electron chi connectivity index (χ3n) is 3.95. The summed E-state index contributed by atoms with van der Waals surface area (Å²) in [7, 11) is 0. The van der Waals surface area contributed by atoms with Gasteiger partial charge in [0.1, 0.15) is 0 Å². The molecule has 1 aliphatic rings. The van der Waals surface area contributed by atoms with Crippen molar-refractivity contribution in [3.8, 4) is 0 Å². The summed E-state index contributed by atoms with van der Waals surface area (Å²) in [6.45, 7) is 0.632. The van der Waals surface area contributed by atoms with Gasteiger partial charge in [0, 0.05) is 24.4 Å². The first-order chi connectivity index (χ1) is 10.00. The molecule has 0 spiro atoms. The molecule has 3 nitrogen and oxygen atoms in total. The number of carbonyl (C=O) groups is 1. The summed E-state index contributed by atoms with van der Waals surface area (Å²) < 4.78 is 26.2. The van der Waals surface area contributed by atoms with E-state index in [1.54, 1.807) is 0 Å². The first-order valence-electron chi connectivity index (χ1n) is 7.48. The van der Waals surface area contributed by atoms with Gasteiger partial charge in [0.15, 0.2) is 0 Å². The minimum Gasteiger partial charge on any atom is -0.330 e. The number of alkyl halides is 2. The quantitative estimate of drug-likeness (QED) is 0.875. The van der Waals surface area contributed by atoms with Crippen molar-refractivity contribution in [3.63, 3.8) is 0 Å². The van der Waals surface area contributed by atoms with E-state index in [1.807, 2.05) is 24.3 Å². The predicted molar refractivity (Wildman–Crippen MR) is 79.4 cm³/mol. The molecule has 0 bridgehead atoms. The molecule has 0 unspecified atom stereocenters. The number of carbonyl (C=O) groups excluding carboxylic acids is 1. The van der Waals surface area contributed by atoms with E-state index in [0.717, 1.165) is 24.1 Å². The van der Waals surface area contributed by atoms with Crippen molar-refractivity contribution in [2.45, 2.75) is 44.4 Å². The van der Waals surface area contributed by atoms with Crippen molar-refractivity contribution in [1.29, 1.82) is 0 Å². The Balaban J connectivity index is 1.90. The normalized spacial score (nSPS) is 18.4. The van der Waals surface area contributed by atoms with Gasteiger partial charge in [-0.2, -0.15) is 0 Å². The van der Waals surface area contributed by atoms with Gasteiger partial charge in [-0.3, -0.25) is 4.79 Å². The number of nitrogens with two attached hydrogens (primary N) is 1. The van der Waals surface area contributed by atoms with Gasteiger partial charge in [-0.05, 0) is 49.9 Å². The summed E-state index contributed by atoms with van der Waals surface area (Å²) in [5.74, 6) is -3.06. The van der Waals surface area contributed by atoms with Crippen LogP contribution in [0.5, 0.6) is 0 Å². The lowest BCUT2D eigenvalue weighted by Gasteiger charge is -2.27. The van der Waals surface area contributed by atoms with Crippen LogP contribution in [-0.2, 0) is 11.2 Å². The van der Waals surface area contributed by atoms with Crippen molar-refractivity contribution in [2.75, 3.05) is 11.9 Å². The fourth-order valence-corrected chi connectivity index (χ4v) is 2.66. The van der Waals surface area contributed by atoms with Gasteiger partial charge in [-0.1, -0.05) is 12.1 Å². The summed E-state index contributed by atoms with van der Waals surface area (Å²) in [4.78, 5) is 12.1. The first-order valence-corrected chi connectivity index (χ1v) is 7.48. The van der Waals surface area contributed by atoms with E-state index < -0.39 is 5.92 Å². The second-order valence-electron chi connectivity index (χ2n) is 5.71. The minimum atomic E-state index is -2.60. The van der Waals surface area contributed by atoms with Crippen molar-refractivity contribution in [2.24, 2.45) is 11.7 Å². The summed E-state index contributed by atoms with van der Waals surface area (Å²) in [5.41, 5.74) is 7.33. The molecule has 0 aliphatic heterocycles. The second-order valence-corrected chi connectivity index (χ2v) is 5.71. The number of nitrogens with one attached hydrogen (secondary N) is 1. The summed E-state index contributed by atoms with van der Waals surface area (Å²) >= 11 is 0. The van der Waals surface area contributed by atoms with Gasteiger partial charge in [-0.25, -0.2) is 8.78 Å². The predicted octanol–water partition coefficient (Wildman–Crippen LogP) is 3.34. The van der Waals surface area contributed by atoms with E-state index in [9.17, 15) is 13.6 Å². The lowest BCUT2D eigenvalue weighted by atomic mass is 9.86. The fraction of sp³-hybridized carbons (Fsp3) is 0.562. The van der Waals surface area contributed by atoms with Gasteiger partial charge in [-0.15, -0.1) is 0 Å². The van der Waals surface area contributed by atoms with Crippen LogP contribution in [0.4, 0.5) is 14.5 Å². The molecule has 2 rings (SSSR count). The van der Waals surface area contributed by atoms with Crippen LogP contribution in [0.15, 0.2) is 24.3 Å². The summed E-state index contributed by atoms with van der Waals surface area (Å²) in [6, 6.07) is 7.62. The van der Waals surface area contributed by atoms with E-state index in [0.29, 0.717) is 6.54 Å². The highest BCUT2D eigenvalue weighted by Crippen LogP contribution is 2.36. The monoisotopic (exact) mass is 296 g/mol. The maximum atomic E-state index is 13.1. The van der Waals surface area contributed by atoms with Crippen LogP contribution in [0.1, 0.15) is 37.7 Å². The number of aryl methyl sites for hydroxylation is 1. The molecular formula is C16H22F2N2O. The Hall–Kier alpha value is -1.49. The number of halogens is 2. The van der Waals surface area contributed by atoms with E-state index in [2.05, 4.69) is 5.32 Å². The fourth-order valence-electron chi connectivity index (χ4n) is 2.66. The van der Waals surface area contributed by atoms with Crippen molar-refractivity contribution < 1.29 is 13.6 Å². The highest BCUT2D eigenvalue weighted by molar-refractivity contribution is 5.92. The highest BCUT2D eigenvalue weighted by atomic mass is 19.3. The van der Waals surface area contributed by atoms with Gasteiger partial charge in [0.25, 0.3) is 0 Å². The summed E-state index contributed by atoms with van der Waals surface area (Å²) in [6.07, 6.45) is 1.89. The van der Waals surface area contributed by atoms with Crippen LogP contribution in [0.3, 0.4) is 0 Å². The topological polar surface area (TPSA) is 55.1 Å². The SMILES string of the molecule is NCCCc1cccc(NC(=O)C2CCC(F)(F)CC2)c1. The molecule has 0 radical (unpaired) electrons. The molecule has 0 saturated heterocycles. The molecule has 1 amide bonds. The number of hydrogen-bond acceptors (Lipinski definition) is 2. The van der Waals surface area contributed by atoms with Crippen LogP contribution in [0, 0.1) is 5.92 Å². The maximum absolute atomic E-state index is 13.1. The van der Waals surface area contributed by atoms with Gasteiger partial charge < -0.3 is 11.1 Å². The molecule has 1 aromatic carbocycles. The molecule has 21 heavy (non-hydrogen) atoms. The second kappa shape index (κ2) is 6.98. The molecule has 0 aromatic heterocycles. The lowest BCUT2D eigenvalue weighted by molar-refractivity contribution is -0.124. The smallest absolute Gasteiger partial charge is 0.248 e. The zero-order chi connectivity index (χ0) is 15.3. The average molecular weight is 296 g/mol. The van der Waals surface area contributed by atoms with Gasteiger partial charge in [0.05, 0.1) is 0 Å². The Morgan fingerprint density at radius 3 is 2.71 bits per heavy atom. The molecule has 1 fully saturated rings. The molecule has 5 heteroatoms. The van der Waals surface area contributed by atoms with Crippen molar-refractivity contribution in [1.82, 2.24) is 0 Å². The molecule has 0 heterocycles. The Labute approximate surface area is 123 Å². The van der Waals surface area contributed by atoms with Crippen LogP contribution in [0.25, 0.3) is 0 Å². The average Bonchev–Trinajstić information content (AvgIpc) is 2.45. The van der Waals surface area contributed by atoms with E-state index in [-0.39, 0.29) is 37.5 Å². The molecule has 1 aromatic rings. The molecule has 0 atom stereocenters. The van der Waals surface area contributed by atoms with Crippen LogP contribution >= 0.6 is 0 Å². The van der Waals surface area contributed by atoms with E-state index in [1.165, 1.54) is 0 Å². The van der Waals surface area contributed by atoms with E-state index in [4.69, 9.17) is 5.73 Å². The molecule has 1 saturated carbocycles. The Kier molecular flexibility index (Phi) is 5.28. The number of amides is 1. The molecule has 116 valence electrons. The molecular weight excluding hydrogens is 274 g/mol. The number of anilines is 1. The zero-order valence-electron chi connectivity index (χ0n) is 12.1. The number of rotatable bonds is 5. The van der Waals surface area contributed by atoms with Gasteiger partial charge >= 0.3 is 0 Å². The van der Waals surface area contributed by atoms with Gasteiger partial charge in [0.2, 0.25) is 11.8 Å².